The lowest BCUT2D eigenvalue weighted by Crippen LogP contribution is -2.66. The first kappa shape index (κ1) is 25.5. The Balaban J connectivity index is 1.49. The van der Waals surface area contributed by atoms with Crippen LogP contribution in [0.4, 0.5) is 5.69 Å². The molecule has 3 aromatic rings. The molecule has 0 radical (unpaired) electrons. The molecular weight excluding hydrogens is 460 g/mol. The Morgan fingerprint density at radius 2 is 1.89 bits per heavy atom. The zero-order valence-electron chi connectivity index (χ0n) is 22.7. The number of piperazine rings is 1. The monoisotopic (exact) mass is 500 g/mol. The molecule has 2 fully saturated rings. The number of nitrogens with one attached hydrogen (secondary N) is 1. The van der Waals surface area contributed by atoms with Crippen molar-refractivity contribution in [1.29, 1.82) is 0 Å². The Morgan fingerprint density at radius 1 is 1.14 bits per heavy atom. The minimum Gasteiger partial charge on any atom is -0.386 e. The van der Waals surface area contributed by atoms with Gasteiger partial charge in [-0.25, -0.2) is 4.98 Å². The van der Waals surface area contributed by atoms with E-state index < -0.39 is 0 Å². The Kier molecular flexibility index (Phi) is 7.10. The molecule has 1 aromatic heterocycles. The molecule has 0 aliphatic carbocycles. The molecule has 2 aliphatic rings. The first-order chi connectivity index (χ1) is 17.9. The molecule has 37 heavy (non-hydrogen) atoms. The summed E-state index contributed by atoms with van der Waals surface area (Å²) >= 11 is 0. The van der Waals surface area contributed by atoms with Gasteiger partial charge in [-0.1, -0.05) is 50.3 Å². The van der Waals surface area contributed by atoms with Gasteiger partial charge in [-0.3, -0.25) is 19.2 Å². The van der Waals surface area contributed by atoms with E-state index in [4.69, 9.17) is 4.98 Å². The van der Waals surface area contributed by atoms with Gasteiger partial charge in [0.15, 0.2) is 0 Å². The third-order valence-corrected chi connectivity index (χ3v) is 8.19. The van der Waals surface area contributed by atoms with Gasteiger partial charge in [0.05, 0.1) is 22.5 Å². The van der Waals surface area contributed by atoms with Crippen LogP contribution >= 0.6 is 0 Å². The molecule has 2 aliphatic heterocycles. The van der Waals surface area contributed by atoms with Gasteiger partial charge >= 0.3 is 0 Å². The van der Waals surface area contributed by atoms with Gasteiger partial charge in [-0.15, -0.1) is 0 Å². The van der Waals surface area contributed by atoms with Gasteiger partial charge in [0.1, 0.15) is 5.82 Å². The highest BCUT2D eigenvalue weighted by molar-refractivity contribution is 5.82. The van der Waals surface area contributed by atoms with Crippen LogP contribution in [-0.4, -0.2) is 66.2 Å². The standard InChI is InChI=1S/C30H40N6O/c1-6-11-27(34-17-16-31-22(3)19-34)28-32-26-15-14-24(18-25(26)29(37)36(28)7-2)35-20-30(21-35,33(4)5)23-12-9-8-10-13-23/h8-10,12-15,18,27,31H,3,6-7,11,16-17,19-21H2,1-2,4-5H3/t27-/m1/s1. The van der Waals surface area contributed by atoms with Crippen molar-refractivity contribution < 1.29 is 0 Å². The number of hydrogen-bond donors (Lipinski definition) is 1. The van der Waals surface area contributed by atoms with Gasteiger partial charge in [0.2, 0.25) is 0 Å². The van der Waals surface area contributed by atoms with Crippen LogP contribution in [-0.2, 0) is 12.1 Å². The van der Waals surface area contributed by atoms with Crippen molar-refractivity contribution in [2.24, 2.45) is 0 Å². The molecule has 0 spiro atoms. The number of benzene rings is 2. The highest BCUT2D eigenvalue weighted by Crippen LogP contribution is 2.39. The van der Waals surface area contributed by atoms with E-state index in [1.165, 1.54) is 5.56 Å². The summed E-state index contributed by atoms with van der Waals surface area (Å²) in [5.41, 5.74) is 4.26. The van der Waals surface area contributed by atoms with Gasteiger partial charge in [0.25, 0.3) is 5.56 Å². The molecule has 0 unspecified atom stereocenters. The molecule has 2 saturated heterocycles. The van der Waals surface area contributed by atoms with Crippen molar-refractivity contribution in [3.63, 3.8) is 0 Å². The Bertz CT molecular complexity index is 1330. The first-order valence-corrected chi connectivity index (χ1v) is 13.6. The minimum absolute atomic E-state index is 0.0252. The molecule has 5 rings (SSSR count). The Morgan fingerprint density at radius 3 is 2.54 bits per heavy atom. The minimum atomic E-state index is -0.0252. The Hall–Kier alpha value is -3.16. The summed E-state index contributed by atoms with van der Waals surface area (Å²) in [6.45, 7) is 13.3. The van der Waals surface area contributed by atoms with Crippen molar-refractivity contribution in [3.8, 4) is 0 Å². The number of fused-ring (bicyclic) bond motifs is 1. The number of aromatic nitrogens is 2. The fraction of sp³-hybridized carbons (Fsp3) is 0.467. The number of likely N-dealkylation sites (N-methyl/N-ethyl adjacent to an activating group) is 1. The smallest absolute Gasteiger partial charge is 0.261 e. The second-order valence-corrected chi connectivity index (χ2v) is 10.7. The maximum atomic E-state index is 13.8. The van der Waals surface area contributed by atoms with E-state index in [0.717, 1.165) is 68.3 Å². The van der Waals surface area contributed by atoms with Gasteiger partial charge in [-0.05, 0) is 51.2 Å². The van der Waals surface area contributed by atoms with Crippen molar-refractivity contribution in [2.75, 3.05) is 51.7 Å². The number of hydrogen-bond acceptors (Lipinski definition) is 6. The normalized spacial score (nSPS) is 18.6. The van der Waals surface area contributed by atoms with Crippen LogP contribution in [0.2, 0.25) is 0 Å². The SMILES string of the molecule is C=C1CN([C@H](CCC)c2nc3ccc(N4CC(c5ccccc5)(N(C)C)C4)cc3c(=O)n2CC)CCN1. The predicted molar refractivity (Wildman–Crippen MR) is 152 cm³/mol. The molecular formula is C30H40N6O. The van der Waals surface area contributed by atoms with Crippen LogP contribution < -0.4 is 15.8 Å². The predicted octanol–water partition coefficient (Wildman–Crippen LogP) is 3.95. The summed E-state index contributed by atoms with van der Waals surface area (Å²) in [5, 5.41) is 4.05. The van der Waals surface area contributed by atoms with Crippen molar-refractivity contribution in [1.82, 2.24) is 24.7 Å². The zero-order valence-corrected chi connectivity index (χ0v) is 22.7. The van der Waals surface area contributed by atoms with Crippen LogP contribution in [0, 0.1) is 0 Å². The van der Waals surface area contributed by atoms with Gasteiger partial charge in [-0.2, -0.15) is 0 Å². The second kappa shape index (κ2) is 10.3. The molecule has 1 N–H and O–H groups in total. The average Bonchev–Trinajstić information content (AvgIpc) is 2.87. The number of anilines is 1. The molecule has 7 heteroatoms. The first-order valence-electron chi connectivity index (χ1n) is 13.6. The van der Waals surface area contributed by atoms with E-state index >= 15 is 0 Å². The molecule has 0 amide bonds. The second-order valence-electron chi connectivity index (χ2n) is 10.7. The topological polar surface area (TPSA) is 56.6 Å². The summed E-state index contributed by atoms with van der Waals surface area (Å²) in [6.07, 6.45) is 1.99. The summed E-state index contributed by atoms with van der Waals surface area (Å²) in [7, 11) is 4.30. The molecule has 1 atom stereocenters. The molecule has 2 aromatic carbocycles. The van der Waals surface area contributed by atoms with E-state index in [9.17, 15) is 4.79 Å². The largest absolute Gasteiger partial charge is 0.386 e. The fourth-order valence-corrected chi connectivity index (χ4v) is 5.99. The lowest BCUT2D eigenvalue weighted by atomic mass is 9.80. The molecule has 7 nitrogen and oxygen atoms in total. The maximum absolute atomic E-state index is 13.8. The van der Waals surface area contributed by atoms with E-state index in [1.807, 2.05) is 23.6 Å². The van der Waals surface area contributed by atoms with E-state index in [2.05, 4.69) is 84.0 Å². The summed E-state index contributed by atoms with van der Waals surface area (Å²) in [5.74, 6) is 0.879. The summed E-state index contributed by atoms with van der Waals surface area (Å²) in [4.78, 5) is 26.0. The van der Waals surface area contributed by atoms with Crippen molar-refractivity contribution in [3.05, 3.63) is 82.5 Å². The zero-order chi connectivity index (χ0) is 26.2. The van der Waals surface area contributed by atoms with Crippen LogP contribution in [0.3, 0.4) is 0 Å². The summed E-state index contributed by atoms with van der Waals surface area (Å²) < 4.78 is 1.89. The van der Waals surface area contributed by atoms with E-state index in [0.29, 0.717) is 11.9 Å². The van der Waals surface area contributed by atoms with Crippen LogP contribution in [0.25, 0.3) is 10.9 Å². The third kappa shape index (κ3) is 4.55. The lowest BCUT2D eigenvalue weighted by molar-refractivity contribution is 0.111. The average molecular weight is 501 g/mol. The lowest BCUT2D eigenvalue weighted by Gasteiger charge is -2.55. The van der Waals surface area contributed by atoms with E-state index in [1.54, 1.807) is 0 Å². The van der Waals surface area contributed by atoms with Crippen LogP contribution in [0.15, 0.2) is 65.6 Å². The van der Waals surface area contributed by atoms with Crippen molar-refractivity contribution in [2.45, 2.75) is 44.8 Å². The maximum Gasteiger partial charge on any atom is 0.261 e. The third-order valence-electron chi connectivity index (χ3n) is 8.19. The highest BCUT2D eigenvalue weighted by atomic mass is 16.1. The van der Waals surface area contributed by atoms with Gasteiger partial charge < -0.3 is 10.2 Å². The van der Waals surface area contributed by atoms with Crippen LogP contribution in [0.5, 0.6) is 0 Å². The molecule has 0 saturated carbocycles. The number of rotatable bonds is 8. The molecule has 196 valence electrons. The van der Waals surface area contributed by atoms with Crippen molar-refractivity contribution >= 4 is 16.6 Å². The molecule has 0 bridgehead atoms. The summed E-state index contributed by atoms with van der Waals surface area (Å²) in [6, 6.07) is 17.0. The highest BCUT2D eigenvalue weighted by Gasteiger charge is 2.46. The quantitative estimate of drug-likeness (QED) is 0.506. The Labute approximate surface area is 220 Å². The number of nitrogens with zero attached hydrogens (tertiary/aromatic N) is 5. The van der Waals surface area contributed by atoms with E-state index in [-0.39, 0.29) is 17.1 Å². The molecule has 3 heterocycles. The van der Waals surface area contributed by atoms with Crippen LogP contribution in [0.1, 0.15) is 44.1 Å². The van der Waals surface area contributed by atoms with Gasteiger partial charge in [0, 0.05) is 50.7 Å². The fourth-order valence-electron chi connectivity index (χ4n) is 5.99.